The molecule has 0 spiro atoms. The van der Waals surface area contributed by atoms with Crippen molar-refractivity contribution < 1.29 is 5.11 Å². The Morgan fingerprint density at radius 3 is 3.00 bits per heavy atom. The van der Waals surface area contributed by atoms with Crippen molar-refractivity contribution in [3.63, 3.8) is 0 Å². The third-order valence-corrected chi connectivity index (χ3v) is 3.61. The maximum absolute atomic E-state index is 10.2. The Hall–Kier alpha value is -1.33. The summed E-state index contributed by atoms with van der Waals surface area (Å²) in [5.41, 5.74) is 1.80. The lowest BCUT2D eigenvalue weighted by Crippen LogP contribution is -2.49. The molecule has 14 heavy (non-hydrogen) atoms. The highest BCUT2D eigenvalue weighted by Crippen LogP contribution is 2.57. The van der Waals surface area contributed by atoms with E-state index < -0.39 is 5.60 Å². The van der Waals surface area contributed by atoms with Gasteiger partial charge in [-0.05, 0) is 17.5 Å². The molecule has 1 aromatic carbocycles. The van der Waals surface area contributed by atoms with Gasteiger partial charge in [-0.2, -0.15) is 5.26 Å². The van der Waals surface area contributed by atoms with Crippen LogP contribution in [0.1, 0.15) is 23.5 Å². The van der Waals surface area contributed by atoms with E-state index in [-0.39, 0.29) is 11.8 Å². The van der Waals surface area contributed by atoms with Crippen LogP contribution in [0.5, 0.6) is 0 Å². The Morgan fingerprint density at radius 1 is 1.43 bits per heavy atom. The fourth-order valence-corrected chi connectivity index (χ4v) is 2.98. The predicted octanol–water partition coefficient (Wildman–Crippen LogP) is 1.60. The summed E-state index contributed by atoms with van der Waals surface area (Å²) in [5, 5.41) is 19.1. The van der Waals surface area contributed by atoms with Crippen LogP contribution in [0.15, 0.2) is 24.3 Å². The molecule has 1 aromatic rings. The Labute approximate surface area is 82.8 Å². The molecule has 2 heteroatoms. The first-order valence-corrected chi connectivity index (χ1v) is 4.94. The largest absolute Gasteiger partial charge is 0.389 e. The van der Waals surface area contributed by atoms with Crippen LogP contribution in [0.4, 0.5) is 0 Å². The fraction of sp³-hybridized carbons (Fsp3) is 0.417. The van der Waals surface area contributed by atoms with Crippen molar-refractivity contribution in [1.82, 2.24) is 0 Å². The van der Waals surface area contributed by atoms with Crippen LogP contribution < -0.4 is 0 Å². The molecule has 1 saturated carbocycles. The third-order valence-electron chi connectivity index (χ3n) is 3.61. The van der Waals surface area contributed by atoms with Crippen LogP contribution in [0.2, 0.25) is 0 Å². The minimum absolute atomic E-state index is 0.0173. The minimum atomic E-state index is -0.607. The standard InChI is InChI=1S/C12H11NO/c13-7-9-6-12(14)5-8-3-1-2-4-10(8)11(9)12/h1-4,9,11,14H,5-6H2/t9-,11-,12+/m1/s1. The van der Waals surface area contributed by atoms with Crippen LogP contribution in [0, 0.1) is 17.2 Å². The summed E-state index contributed by atoms with van der Waals surface area (Å²) in [4.78, 5) is 0. The van der Waals surface area contributed by atoms with Crippen LogP contribution in [0.25, 0.3) is 0 Å². The van der Waals surface area contributed by atoms with Gasteiger partial charge in [0, 0.05) is 12.3 Å². The average Bonchev–Trinajstić information content (AvgIpc) is 2.38. The molecule has 0 unspecified atom stereocenters. The summed E-state index contributed by atoms with van der Waals surface area (Å²) < 4.78 is 0. The first-order chi connectivity index (χ1) is 6.74. The van der Waals surface area contributed by atoms with Gasteiger partial charge in [0.25, 0.3) is 0 Å². The van der Waals surface area contributed by atoms with E-state index in [0.717, 1.165) is 6.42 Å². The summed E-state index contributed by atoms with van der Waals surface area (Å²) in [7, 11) is 0. The maximum Gasteiger partial charge on any atom is 0.0781 e. The van der Waals surface area contributed by atoms with E-state index in [2.05, 4.69) is 12.1 Å². The van der Waals surface area contributed by atoms with Crippen molar-refractivity contribution in [1.29, 1.82) is 5.26 Å². The number of fused-ring (bicyclic) bond motifs is 3. The molecule has 2 aliphatic carbocycles. The van der Waals surface area contributed by atoms with Gasteiger partial charge in [-0.15, -0.1) is 0 Å². The van der Waals surface area contributed by atoms with Crippen LogP contribution in [0.3, 0.4) is 0 Å². The molecule has 70 valence electrons. The molecule has 0 bridgehead atoms. The number of aliphatic hydroxyl groups is 1. The lowest BCUT2D eigenvalue weighted by Gasteiger charge is -2.44. The number of hydrogen-bond acceptors (Lipinski definition) is 2. The van der Waals surface area contributed by atoms with Crippen LogP contribution in [-0.2, 0) is 6.42 Å². The molecular weight excluding hydrogens is 174 g/mol. The molecule has 0 radical (unpaired) electrons. The maximum atomic E-state index is 10.2. The molecule has 0 heterocycles. The monoisotopic (exact) mass is 185 g/mol. The lowest BCUT2D eigenvalue weighted by molar-refractivity contribution is -0.0700. The van der Waals surface area contributed by atoms with Crippen molar-refractivity contribution >= 4 is 0 Å². The van der Waals surface area contributed by atoms with Crippen molar-refractivity contribution in [2.75, 3.05) is 0 Å². The van der Waals surface area contributed by atoms with E-state index >= 15 is 0 Å². The quantitative estimate of drug-likeness (QED) is 0.667. The molecule has 3 atom stereocenters. The van der Waals surface area contributed by atoms with E-state index in [1.807, 2.05) is 18.2 Å². The van der Waals surface area contributed by atoms with Crippen molar-refractivity contribution in [2.45, 2.75) is 24.4 Å². The topological polar surface area (TPSA) is 44.0 Å². The highest BCUT2D eigenvalue weighted by atomic mass is 16.3. The van der Waals surface area contributed by atoms with Gasteiger partial charge >= 0.3 is 0 Å². The van der Waals surface area contributed by atoms with Crippen molar-refractivity contribution in [3.05, 3.63) is 35.4 Å². The molecule has 1 N–H and O–H groups in total. The zero-order chi connectivity index (χ0) is 9.76. The van der Waals surface area contributed by atoms with Gasteiger partial charge in [0.2, 0.25) is 0 Å². The highest BCUT2D eigenvalue weighted by Gasteiger charge is 2.57. The Balaban J connectivity index is 2.10. The molecule has 3 rings (SSSR count). The van der Waals surface area contributed by atoms with Gasteiger partial charge in [0.15, 0.2) is 0 Å². The molecule has 0 aliphatic heterocycles. The first-order valence-electron chi connectivity index (χ1n) is 4.94. The summed E-state index contributed by atoms with van der Waals surface area (Å²) >= 11 is 0. The van der Waals surface area contributed by atoms with E-state index in [4.69, 9.17) is 5.26 Å². The van der Waals surface area contributed by atoms with E-state index in [1.165, 1.54) is 11.1 Å². The van der Waals surface area contributed by atoms with Gasteiger partial charge < -0.3 is 5.11 Å². The number of benzene rings is 1. The zero-order valence-corrected chi connectivity index (χ0v) is 7.77. The molecule has 2 nitrogen and oxygen atoms in total. The Bertz CT molecular complexity index is 434. The van der Waals surface area contributed by atoms with Gasteiger partial charge in [0.1, 0.15) is 0 Å². The molecule has 0 aromatic heterocycles. The smallest absolute Gasteiger partial charge is 0.0781 e. The summed E-state index contributed by atoms with van der Waals surface area (Å²) in [6.07, 6.45) is 1.37. The number of rotatable bonds is 0. The number of hydrogen-bond donors (Lipinski definition) is 1. The summed E-state index contributed by atoms with van der Waals surface area (Å²) in [5.74, 6) is 0.0901. The fourth-order valence-electron chi connectivity index (χ4n) is 2.98. The van der Waals surface area contributed by atoms with E-state index in [0.29, 0.717) is 6.42 Å². The van der Waals surface area contributed by atoms with Crippen LogP contribution in [-0.4, -0.2) is 10.7 Å². The molecule has 2 aliphatic rings. The summed E-state index contributed by atoms with van der Waals surface area (Å²) in [6.45, 7) is 0. The normalized spacial score (nSPS) is 38.0. The Kier molecular flexibility index (Phi) is 1.36. The number of nitrogens with zero attached hydrogens (tertiary/aromatic N) is 1. The molecular formula is C12H11NO. The predicted molar refractivity (Wildman–Crippen MR) is 51.6 cm³/mol. The second-order valence-electron chi connectivity index (χ2n) is 4.40. The van der Waals surface area contributed by atoms with Gasteiger partial charge in [0.05, 0.1) is 17.6 Å². The zero-order valence-electron chi connectivity index (χ0n) is 7.77. The first kappa shape index (κ1) is 8.02. The average molecular weight is 185 g/mol. The van der Waals surface area contributed by atoms with Crippen molar-refractivity contribution in [2.24, 2.45) is 5.92 Å². The SMILES string of the molecule is N#C[C@H]1C[C@@]2(O)Cc3ccccc3[C@@H]12. The van der Waals surface area contributed by atoms with Gasteiger partial charge in [-0.3, -0.25) is 0 Å². The summed E-state index contributed by atoms with van der Waals surface area (Å²) in [6, 6.07) is 10.4. The lowest BCUT2D eigenvalue weighted by atomic mass is 9.62. The molecule has 1 fully saturated rings. The molecule has 0 amide bonds. The van der Waals surface area contributed by atoms with E-state index in [9.17, 15) is 5.11 Å². The minimum Gasteiger partial charge on any atom is -0.389 e. The second kappa shape index (κ2) is 2.37. The van der Waals surface area contributed by atoms with Crippen molar-refractivity contribution in [3.8, 4) is 6.07 Å². The third kappa shape index (κ3) is 0.784. The second-order valence-corrected chi connectivity index (χ2v) is 4.40. The van der Waals surface area contributed by atoms with Gasteiger partial charge in [-0.1, -0.05) is 24.3 Å². The molecule has 0 saturated heterocycles. The highest BCUT2D eigenvalue weighted by molar-refractivity contribution is 5.45. The van der Waals surface area contributed by atoms with Gasteiger partial charge in [-0.25, -0.2) is 0 Å². The Morgan fingerprint density at radius 2 is 2.21 bits per heavy atom. The van der Waals surface area contributed by atoms with E-state index in [1.54, 1.807) is 0 Å². The number of nitriles is 1. The van der Waals surface area contributed by atoms with Crippen LogP contribution >= 0.6 is 0 Å².